The summed E-state index contributed by atoms with van der Waals surface area (Å²) in [6.45, 7) is 0. The van der Waals surface area contributed by atoms with Crippen LogP contribution in [0.15, 0.2) is 46.9 Å². The van der Waals surface area contributed by atoms with Gasteiger partial charge >= 0.3 is 0 Å². The van der Waals surface area contributed by atoms with Gasteiger partial charge in [-0.1, -0.05) is 34.1 Å². The van der Waals surface area contributed by atoms with Crippen LogP contribution in [0.1, 0.15) is 0 Å². The molecule has 94 valence electrons. The SMILES string of the molecule is O=[N+]([O-])c1ccc2nc(-c3ccccc3Br)[nH]c2c1. The molecule has 0 aliphatic rings. The lowest BCUT2D eigenvalue weighted by molar-refractivity contribution is -0.384. The Balaban J connectivity index is 2.17. The van der Waals surface area contributed by atoms with Gasteiger partial charge in [0, 0.05) is 22.2 Å². The maximum atomic E-state index is 10.7. The van der Waals surface area contributed by atoms with Crippen molar-refractivity contribution in [2.75, 3.05) is 0 Å². The van der Waals surface area contributed by atoms with Gasteiger partial charge in [-0.3, -0.25) is 10.1 Å². The number of hydrogen-bond donors (Lipinski definition) is 1. The van der Waals surface area contributed by atoms with Crippen molar-refractivity contribution in [1.82, 2.24) is 9.97 Å². The number of nitro benzene ring substituents is 1. The highest BCUT2D eigenvalue weighted by Gasteiger charge is 2.11. The van der Waals surface area contributed by atoms with E-state index in [4.69, 9.17) is 0 Å². The first-order chi connectivity index (χ1) is 9.15. The van der Waals surface area contributed by atoms with E-state index < -0.39 is 4.92 Å². The fourth-order valence-corrected chi connectivity index (χ4v) is 2.36. The number of aromatic amines is 1. The van der Waals surface area contributed by atoms with E-state index in [1.54, 1.807) is 6.07 Å². The lowest BCUT2D eigenvalue weighted by Crippen LogP contribution is -1.86. The van der Waals surface area contributed by atoms with E-state index in [1.807, 2.05) is 24.3 Å². The van der Waals surface area contributed by atoms with Crippen LogP contribution >= 0.6 is 15.9 Å². The summed E-state index contributed by atoms with van der Waals surface area (Å²) < 4.78 is 0.920. The van der Waals surface area contributed by atoms with Gasteiger partial charge in [0.1, 0.15) is 5.82 Å². The number of rotatable bonds is 2. The van der Waals surface area contributed by atoms with Gasteiger partial charge < -0.3 is 4.98 Å². The molecule has 0 aliphatic heterocycles. The van der Waals surface area contributed by atoms with Crippen LogP contribution in [0.25, 0.3) is 22.4 Å². The quantitative estimate of drug-likeness (QED) is 0.575. The number of nitrogens with zero attached hydrogens (tertiary/aromatic N) is 2. The summed E-state index contributed by atoms with van der Waals surface area (Å²) in [5.74, 6) is 0.683. The number of aromatic nitrogens is 2. The van der Waals surface area contributed by atoms with E-state index in [-0.39, 0.29) is 5.69 Å². The van der Waals surface area contributed by atoms with E-state index in [0.717, 1.165) is 10.0 Å². The molecule has 1 heterocycles. The first-order valence-electron chi connectivity index (χ1n) is 5.54. The number of nitrogens with one attached hydrogen (secondary N) is 1. The van der Waals surface area contributed by atoms with Crippen molar-refractivity contribution in [3.05, 3.63) is 57.1 Å². The summed E-state index contributed by atoms with van der Waals surface area (Å²) in [6, 6.07) is 12.3. The third-order valence-electron chi connectivity index (χ3n) is 2.81. The maximum Gasteiger partial charge on any atom is 0.271 e. The average Bonchev–Trinajstić information content (AvgIpc) is 2.81. The Kier molecular flexibility index (Phi) is 2.79. The molecule has 5 nitrogen and oxygen atoms in total. The molecule has 0 saturated carbocycles. The topological polar surface area (TPSA) is 71.8 Å². The Bertz CT molecular complexity index is 782. The summed E-state index contributed by atoms with van der Waals surface area (Å²) in [4.78, 5) is 17.9. The molecular weight excluding hydrogens is 310 g/mol. The van der Waals surface area contributed by atoms with Crippen molar-refractivity contribution in [1.29, 1.82) is 0 Å². The van der Waals surface area contributed by atoms with E-state index >= 15 is 0 Å². The van der Waals surface area contributed by atoms with Crippen LogP contribution in [0, 0.1) is 10.1 Å². The van der Waals surface area contributed by atoms with Gasteiger partial charge in [-0.05, 0) is 12.1 Å². The van der Waals surface area contributed by atoms with Crippen molar-refractivity contribution in [3.63, 3.8) is 0 Å². The Morgan fingerprint density at radius 2 is 2.00 bits per heavy atom. The van der Waals surface area contributed by atoms with E-state index in [9.17, 15) is 10.1 Å². The second-order valence-corrected chi connectivity index (χ2v) is 4.88. The number of non-ortho nitro benzene ring substituents is 1. The van der Waals surface area contributed by atoms with Gasteiger partial charge in [0.25, 0.3) is 5.69 Å². The minimum Gasteiger partial charge on any atom is -0.338 e. The molecule has 3 rings (SSSR count). The number of fused-ring (bicyclic) bond motifs is 1. The van der Waals surface area contributed by atoms with Gasteiger partial charge in [-0.2, -0.15) is 0 Å². The first-order valence-corrected chi connectivity index (χ1v) is 6.33. The van der Waals surface area contributed by atoms with Crippen molar-refractivity contribution in [2.45, 2.75) is 0 Å². The largest absolute Gasteiger partial charge is 0.338 e. The molecule has 0 atom stereocenters. The Hall–Kier alpha value is -2.21. The number of benzene rings is 2. The summed E-state index contributed by atoms with van der Waals surface area (Å²) in [5.41, 5.74) is 2.33. The molecule has 0 bridgehead atoms. The summed E-state index contributed by atoms with van der Waals surface area (Å²) in [7, 11) is 0. The van der Waals surface area contributed by atoms with Gasteiger partial charge in [0.2, 0.25) is 0 Å². The Morgan fingerprint density at radius 3 is 2.74 bits per heavy atom. The van der Waals surface area contributed by atoms with Gasteiger partial charge in [-0.25, -0.2) is 4.98 Å². The van der Waals surface area contributed by atoms with E-state index in [1.165, 1.54) is 12.1 Å². The Labute approximate surface area is 116 Å². The van der Waals surface area contributed by atoms with Crippen molar-refractivity contribution >= 4 is 32.7 Å². The molecule has 0 spiro atoms. The van der Waals surface area contributed by atoms with Crippen molar-refractivity contribution in [3.8, 4) is 11.4 Å². The highest BCUT2D eigenvalue weighted by Crippen LogP contribution is 2.28. The average molecular weight is 318 g/mol. The van der Waals surface area contributed by atoms with Crippen LogP contribution < -0.4 is 0 Å². The Morgan fingerprint density at radius 1 is 1.21 bits per heavy atom. The van der Waals surface area contributed by atoms with Crippen LogP contribution in [0.5, 0.6) is 0 Å². The predicted molar refractivity (Wildman–Crippen MR) is 75.9 cm³/mol. The number of H-pyrrole nitrogens is 1. The van der Waals surface area contributed by atoms with E-state index in [2.05, 4.69) is 25.9 Å². The summed E-state index contributed by atoms with van der Waals surface area (Å²) in [6.07, 6.45) is 0. The highest BCUT2D eigenvalue weighted by molar-refractivity contribution is 9.10. The minimum atomic E-state index is -0.418. The zero-order valence-corrected chi connectivity index (χ0v) is 11.2. The van der Waals surface area contributed by atoms with Crippen LogP contribution in [0.3, 0.4) is 0 Å². The molecule has 0 radical (unpaired) electrons. The smallest absolute Gasteiger partial charge is 0.271 e. The lowest BCUT2D eigenvalue weighted by atomic mass is 10.2. The molecule has 6 heteroatoms. The fraction of sp³-hybridized carbons (Fsp3) is 0. The zero-order chi connectivity index (χ0) is 13.4. The fourth-order valence-electron chi connectivity index (χ4n) is 1.89. The summed E-state index contributed by atoms with van der Waals surface area (Å²) in [5, 5.41) is 10.7. The van der Waals surface area contributed by atoms with Gasteiger partial charge in [0.15, 0.2) is 0 Å². The second kappa shape index (κ2) is 4.47. The van der Waals surface area contributed by atoms with Crippen molar-refractivity contribution in [2.24, 2.45) is 0 Å². The highest BCUT2D eigenvalue weighted by atomic mass is 79.9. The van der Waals surface area contributed by atoms with Crippen molar-refractivity contribution < 1.29 is 4.92 Å². The molecule has 2 aromatic carbocycles. The zero-order valence-electron chi connectivity index (χ0n) is 9.63. The molecule has 3 aromatic rings. The molecule has 19 heavy (non-hydrogen) atoms. The predicted octanol–water partition coefficient (Wildman–Crippen LogP) is 3.90. The molecule has 0 amide bonds. The molecule has 0 aliphatic carbocycles. The van der Waals surface area contributed by atoms with Crippen LogP contribution in [-0.2, 0) is 0 Å². The molecule has 0 fully saturated rings. The standard InChI is InChI=1S/C13H8BrN3O2/c14-10-4-2-1-3-9(10)13-15-11-6-5-8(17(18)19)7-12(11)16-13/h1-7H,(H,15,16). The number of nitro groups is 1. The van der Waals surface area contributed by atoms with Crippen LogP contribution in [0.2, 0.25) is 0 Å². The van der Waals surface area contributed by atoms with Crippen LogP contribution in [-0.4, -0.2) is 14.9 Å². The molecule has 0 unspecified atom stereocenters. The number of hydrogen-bond acceptors (Lipinski definition) is 3. The third-order valence-corrected chi connectivity index (χ3v) is 3.50. The third kappa shape index (κ3) is 2.10. The van der Waals surface area contributed by atoms with Gasteiger partial charge in [-0.15, -0.1) is 0 Å². The second-order valence-electron chi connectivity index (χ2n) is 4.02. The monoisotopic (exact) mass is 317 g/mol. The maximum absolute atomic E-state index is 10.7. The molecule has 1 aromatic heterocycles. The molecule has 0 saturated heterocycles. The van der Waals surface area contributed by atoms with Gasteiger partial charge in [0.05, 0.1) is 16.0 Å². The normalized spacial score (nSPS) is 10.8. The molecular formula is C13H8BrN3O2. The van der Waals surface area contributed by atoms with E-state index in [0.29, 0.717) is 16.9 Å². The summed E-state index contributed by atoms with van der Waals surface area (Å²) >= 11 is 3.46. The lowest BCUT2D eigenvalue weighted by Gasteiger charge is -1.98. The number of halogens is 1. The van der Waals surface area contributed by atoms with Crippen LogP contribution in [0.4, 0.5) is 5.69 Å². The molecule has 1 N–H and O–H groups in total. The first kappa shape index (κ1) is 11.9. The number of imidazole rings is 1. The minimum absolute atomic E-state index is 0.0508.